The van der Waals surface area contributed by atoms with Gasteiger partial charge in [-0.05, 0) is 26.3 Å². The number of hydrogen-bond donors (Lipinski definition) is 1. The van der Waals surface area contributed by atoms with E-state index in [0.717, 1.165) is 5.56 Å². The molecular weight excluding hydrogens is 308 g/mol. The van der Waals surface area contributed by atoms with Crippen molar-refractivity contribution in [1.29, 1.82) is 0 Å². The van der Waals surface area contributed by atoms with Gasteiger partial charge in [-0.3, -0.25) is 0 Å². The van der Waals surface area contributed by atoms with Crippen molar-refractivity contribution in [3.05, 3.63) is 46.9 Å². The van der Waals surface area contributed by atoms with E-state index in [1.54, 1.807) is 13.8 Å². The second kappa shape index (κ2) is 6.66. The summed E-state index contributed by atoms with van der Waals surface area (Å²) in [5.41, 5.74) is 3.21. The molecule has 3 aromatic rings. The van der Waals surface area contributed by atoms with Gasteiger partial charge >= 0.3 is 5.97 Å². The first-order valence-corrected chi connectivity index (χ1v) is 7.69. The second-order valence-electron chi connectivity index (χ2n) is 5.40. The molecule has 124 valence electrons. The Morgan fingerprint density at radius 2 is 1.96 bits per heavy atom. The number of hydrogen-bond acceptors (Lipinski definition) is 7. The van der Waals surface area contributed by atoms with Gasteiger partial charge in [-0.2, -0.15) is 4.98 Å². The first kappa shape index (κ1) is 15.9. The first-order valence-electron chi connectivity index (χ1n) is 7.69. The number of fused-ring (bicyclic) bond motifs is 1. The van der Waals surface area contributed by atoms with Gasteiger partial charge in [-0.15, -0.1) is 0 Å². The Bertz CT molecular complexity index is 871. The third-order valence-corrected chi connectivity index (χ3v) is 3.55. The Hall–Kier alpha value is -2.96. The molecule has 7 nitrogen and oxygen atoms in total. The first-order chi connectivity index (χ1) is 11.6. The van der Waals surface area contributed by atoms with Gasteiger partial charge in [0.1, 0.15) is 11.2 Å². The largest absolute Gasteiger partial charge is 0.460 e. The molecule has 0 atom stereocenters. The van der Waals surface area contributed by atoms with E-state index >= 15 is 0 Å². The summed E-state index contributed by atoms with van der Waals surface area (Å²) in [7, 11) is 0. The molecule has 1 N–H and O–H groups in total. The number of carbonyl (C=O) groups excluding carboxylic acids is 1. The van der Waals surface area contributed by atoms with Crippen molar-refractivity contribution in [1.82, 2.24) is 15.1 Å². The van der Waals surface area contributed by atoms with E-state index in [1.807, 2.05) is 31.2 Å². The monoisotopic (exact) mass is 326 g/mol. The van der Waals surface area contributed by atoms with E-state index in [4.69, 9.17) is 9.26 Å². The predicted molar refractivity (Wildman–Crippen MR) is 88.8 cm³/mol. The number of anilines is 1. The maximum absolute atomic E-state index is 11.9. The molecule has 0 bridgehead atoms. The van der Waals surface area contributed by atoms with E-state index < -0.39 is 5.97 Å². The SMILES string of the molecule is CCOC(=O)c1nc(NCc2ccc(C)cc2)c2c(C)noc2n1. The van der Waals surface area contributed by atoms with Crippen LogP contribution in [0.3, 0.4) is 0 Å². The van der Waals surface area contributed by atoms with E-state index in [9.17, 15) is 4.79 Å². The van der Waals surface area contributed by atoms with Crippen LogP contribution in [0.5, 0.6) is 0 Å². The van der Waals surface area contributed by atoms with Crippen molar-refractivity contribution in [3.8, 4) is 0 Å². The average Bonchev–Trinajstić information content (AvgIpc) is 2.95. The van der Waals surface area contributed by atoms with Crippen LogP contribution in [0.2, 0.25) is 0 Å². The van der Waals surface area contributed by atoms with Gasteiger partial charge in [0, 0.05) is 6.54 Å². The number of benzene rings is 1. The number of aryl methyl sites for hydroxylation is 2. The Balaban J connectivity index is 1.93. The summed E-state index contributed by atoms with van der Waals surface area (Å²) in [6.45, 7) is 6.38. The fourth-order valence-corrected chi connectivity index (χ4v) is 2.30. The molecule has 7 heteroatoms. The summed E-state index contributed by atoms with van der Waals surface area (Å²) >= 11 is 0. The van der Waals surface area contributed by atoms with Crippen molar-refractivity contribution in [3.63, 3.8) is 0 Å². The lowest BCUT2D eigenvalue weighted by atomic mass is 10.1. The summed E-state index contributed by atoms with van der Waals surface area (Å²) in [6, 6.07) is 8.16. The zero-order chi connectivity index (χ0) is 17.1. The van der Waals surface area contributed by atoms with Crippen LogP contribution < -0.4 is 5.32 Å². The average molecular weight is 326 g/mol. The molecule has 2 aromatic heterocycles. The van der Waals surface area contributed by atoms with Crippen LogP contribution >= 0.6 is 0 Å². The van der Waals surface area contributed by atoms with Crippen LogP contribution in [0.1, 0.15) is 34.4 Å². The highest BCUT2D eigenvalue weighted by molar-refractivity contribution is 5.93. The molecule has 0 spiro atoms. The number of nitrogens with one attached hydrogen (secondary N) is 1. The summed E-state index contributed by atoms with van der Waals surface area (Å²) in [6.07, 6.45) is 0. The number of rotatable bonds is 5. The molecule has 24 heavy (non-hydrogen) atoms. The molecule has 1 aromatic carbocycles. The molecule has 0 unspecified atom stereocenters. The number of nitrogens with zero attached hydrogens (tertiary/aromatic N) is 3. The highest BCUT2D eigenvalue weighted by Crippen LogP contribution is 2.24. The summed E-state index contributed by atoms with van der Waals surface area (Å²) < 4.78 is 10.1. The van der Waals surface area contributed by atoms with Crippen molar-refractivity contribution in [2.45, 2.75) is 27.3 Å². The van der Waals surface area contributed by atoms with E-state index in [-0.39, 0.29) is 18.1 Å². The predicted octanol–water partition coefficient (Wildman–Crippen LogP) is 3.02. The summed E-state index contributed by atoms with van der Waals surface area (Å²) in [4.78, 5) is 20.3. The minimum Gasteiger partial charge on any atom is -0.460 e. The van der Waals surface area contributed by atoms with Crippen LogP contribution in [0, 0.1) is 13.8 Å². The standard InChI is InChI=1S/C17H18N4O3/c1-4-23-17(22)15-19-14(13-11(3)21-24-16(13)20-15)18-9-12-7-5-10(2)6-8-12/h5-8H,4,9H2,1-3H3,(H,18,19,20). The lowest BCUT2D eigenvalue weighted by molar-refractivity contribution is 0.0512. The van der Waals surface area contributed by atoms with Crippen LogP contribution in [-0.2, 0) is 11.3 Å². The third kappa shape index (κ3) is 3.19. The van der Waals surface area contributed by atoms with Crippen LogP contribution in [0.4, 0.5) is 5.82 Å². The summed E-state index contributed by atoms with van der Waals surface area (Å²) in [5.74, 6) is -0.138. The summed E-state index contributed by atoms with van der Waals surface area (Å²) in [5, 5.41) is 7.79. The van der Waals surface area contributed by atoms with E-state index in [1.165, 1.54) is 5.56 Å². The molecule has 0 aliphatic heterocycles. The van der Waals surface area contributed by atoms with Crippen LogP contribution in [0.15, 0.2) is 28.8 Å². The highest BCUT2D eigenvalue weighted by atomic mass is 16.5. The lowest BCUT2D eigenvalue weighted by Gasteiger charge is -2.08. The molecule has 0 aliphatic carbocycles. The molecule has 0 amide bonds. The minimum atomic E-state index is -0.591. The zero-order valence-electron chi connectivity index (χ0n) is 13.8. The van der Waals surface area contributed by atoms with Gasteiger partial charge in [0.2, 0.25) is 5.82 Å². The Morgan fingerprint density at radius 1 is 1.21 bits per heavy atom. The van der Waals surface area contributed by atoms with E-state index in [2.05, 4.69) is 20.4 Å². The Morgan fingerprint density at radius 3 is 2.67 bits per heavy atom. The maximum atomic E-state index is 11.9. The quantitative estimate of drug-likeness (QED) is 0.721. The van der Waals surface area contributed by atoms with Crippen molar-refractivity contribution < 1.29 is 14.1 Å². The molecule has 2 heterocycles. The van der Waals surface area contributed by atoms with Gasteiger partial charge in [0.25, 0.3) is 5.71 Å². The number of aromatic nitrogens is 3. The smallest absolute Gasteiger partial charge is 0.376 e. The zero-order valence-corrected chi connectivity index (χ0v) is 13.8. The maximum Gasteiger partial charge on any atom is 0.376 e. The van der Waals surface area contributed by atoms with E-state index in [0.29, 0.717) is 23.4 Å². The fourth-order valence-electron chi connectivity index (χ4n) is 2.30. The fraction of sp³-hybridized carbons (Fsp3) is 0.294. The van der Waals surface area contributed by atoms with Crippen LogP contribution in [-0.4, -0.2) is 27.7 Å². The molecular formula is C17H18N4O3. The Kier molecular flexibility index (Phi) is 4.41. The minimum absolute atomic E-state index is 0.0492. The van der Waals surface area contributed by atoms with Crippen molar-refractivity contribution >= 4 is 22.9 Å². The molecule has 0 saturated carbocycles. The Labute approximate surface area is 139 Å². The van der Waals surface area contributed by atoms with Gasteiger partial charge in [0.05, 0.1) is 12.3 Å². The van der Waals surface area contributed by atoms with Gasteiger partial charge in [-0.1, -0.05) is 35.0 Å². The number of carbonyl (C=O) groups is 1. The molecule has 0 aliphatic rings. The highest BCUT2D eigenvalue weighted by Gasteiger charge is 2.19. The lowest BCUT2D eigenvalue weighted by Crippen LogP contribution is -2.12. The van der Waals surface area contributed by atoms with Gasteiger partial charge in [0.15, 0.2) is 0 Å². The number of ether oxygens (including phenoxy) is 1. The third-order valence-electron chi connectivity index (χ3n) is 3.55. The van der Waals surface area contributed by atoms with Crippen molar-refractivity contribution in [2.75, 3.05) is 11.9 Å². The molecule has 0 radical (unpaired) electrons. The van der Waals surface area contributed by atoms with Gasteiger partial charge in [-0.25, -0.2) is 9.78 Å². The second-order valence-corrected chi connectivity index (χ2v) is 5.40. The topological polar surface area (TPSA) is 90.1 Å². The van der Waals surface area contributed by atoms with Gasteiger partial charge < -0.3 is 14.6 Å². The molecule has 0 fully saturated rings. The normalized spacial score (nSPS) is 10.8. The van der Waals surface area contributed by atoms with Crippen molar-refractivity contribution in [2.24, 2.45) is 0 Å². The molecule has 3 rings (SSSR count). The van der Waals surface area contributed by atoms with Crippen LogP contribution in [0.25, 0.3) is 11.1 Å². The molecule has 0 saturated heterocycles. The number of esters is 1.